The largest absolute Gasteiger partial charge is 0.465 e. The van der Waals surface area contributed by atoms with Gasteiger partial charge in [-0.25, -0.2) is 4.79 Å². The number of ketones is 1. The molecular weight excluding hydrogens is 276 g/mol. The maximum Gasteiger partial charge on any atom is 0.405 e. The molecule has 21 heavy (non-hydrogen) atoms. The van der Waals surface area contributed by atoms with Gasteiger partial charge in [0.05, 0.1) is 12.3 Å². The first kappa shape index (κ1) is 16.7. The smallest absolute Gasteiger partial charge is 0.405 e. The second-order valence-electron chi connectivity index (χ2n) is 5.20. The van der Waals surface area contributed by atoms with Crippen molar-refractivity contribution in [2.45, 2.75) is 39.3 Å². The molecule has 1 heterocycles. The first-order chi connectivity index (χ1) is 9.81. The Morgan fingerprint density at radius 2 is 1.90 bits per heavy atom. The second kappa shape index (κ2) is 7.47. The van der Waals surface area contributed by atoms with Crippen molar-refractivity contribution in [2.24, 2.45) is 5.92 Å². The van der Waals surface area contributed by atoms with E-state index in [1.807, 2.05) is 19.2 Å². The van der Waals surface area contributed by atoms with Crippen LogP contribution in [0.15, 0.2) is 22.8 Å². The van der Waals surface area contributed by atoms with E-state index in [-0.39, 0.29) is 17.5 Å². The quantitative estimate of drug-likeness (QED) is 0.663. The van der Waals surface area contributed by atoms with E-state index in [1.54, 1.807) is 6.07 Å². The van der Waals surface area contributed by atoms with E-state index >= 15 is 0 Å². The molecule has 0 aliphatic carbocycles. The molecule has 1 rings (SSSR count). The molecule has 0 fully saturated rings. The molecule has 116 valence electrons. The van der Waals surface area contributed by atoms with Gasteiger partial charge in [0.15, 0.2) is 5.76 Å². The van der Waals surface area contributed by atoms with Crippen molar-refractivity contribution in [1.82, 2.24) is 10.6 Å². The van der Waals surface area contributed by atoms with Gasteiger partial charge in [0.25, 0.3) is 0 Å². The SMILES string of the molecule is CC(C)CC(NC(=O)C(C)NC(=O)O)C(=O)c1ccco1. The highest BCUT2D eigenvalue weighted by atomic mass is 16.4. The Morgan fingerprint density at radius 1 is 1.24 bits per heavy atom. The van der Waals surface area contributed by atoms with Crippen molar-refractivity contribution >= 4 is 17.8 Å². The number of carbonyl (C=O) groups is 3. The lowest BCUT2D eigenvalue weighted by Gasteiger charge is -2.20. The lowest BCUT2D eigenvalue weighted by atomic mass is 9.98. The first-order valence-corrected chi connectivity index (χ1v) is 6.68. The van der Waals surface area contributed by atoms with E-state index in [0.717, 1.165) is 0 Å². The van der Waals surface area contributed by atoms with Crippen LogP contribution in [0.3, 0.4) is 0 Å². The van der Waals surface area contributed by atoms with Crippen LogP contribution in [0.1, 0.15) is 37.7 Å². The molecule has 2 amide bonds. The van der Waals surface area contributed by atoms with Gasteiger partial charge >= 0.3 is 6.09 Å². The van der Waals surface area contributed by atoms with Gasteiger partial charge in [-0.2, -0.15) is 0 Å². The molecule has 7 nitrogen and oxygen atoms in total. The minimum absolute atomic E-state index is 0.166. The monoisotopic (exact) mass is 296 g/mol. The highest BCUT2D eigenvalue weighted by Gasteiger charge is 2.27. The Morgan fingerprint density at radius 3 is 2.38 bits per heavy atom. The van der Waals surface area contributed by atoms with Crippen molar-refractivity contribution in [3.8, 4) is 0 Å². The van der Waals surface area contributed by atoms with Crippen molar-refractivity contribution in [3.05, 3.63) is 24.2 Å². The molecule has 0 aromatic carbocycles. The highest BCUT2D eigenvalue weighted by Crippen LogP contribution is 2.12. The standard InChI is InChI=1S/C14H20N2O5/c1-8(2)7-10(12(17)11-5-4-6-21-11)16-13(18)9(3)15-14(19)20/h4-6,8-10,15H,7H2,1-3H3,(H,16,18)(H,19,20). The summed E-state index contributed by atoms with van der Waals surface area (Å²) in [6.45, 7) is 5.26. The van der Waals surface area contributed by atoms with Crippen LogP contribution in [0.5, 0.6) is 0 Å². The van der Waals surface area contributed by atoms with Gasteiger partial charge in [-0.05, 0) is 31.4 Å². The number of nitrogens with one attached hydrogen (secondary N) is 2. The fraction of sp³-hybridized carbons (Fsp3) is 0.500. The topological polar surface area (TPSA) is 109 Å². The van der Waals surface area contributed by atoms with E-state index in [9.17, 15) is 14.4 Å². The zero-order valence-corrected chi connectivity index (χ0v) is 12.3. The van der Waals surface area contributed by atoms with Gasteiger partial charge in [0.1, 0.15) is 6.04 Å². The fourth-order valence-electron chi connectivity index (χ4n) is 1.84. The van der Waals surface area contributed by atoms with Crippen molar-refractivity contribution < 1.29 is 23.9 Å². The van der Waals surface area contributed by atoms with Crippen LogP contribution in [0, 0.1) is 5.92 Å². The van der Waals surface area contributed by atoms with Gasteiger partial charge in [0, 0.05) is 0 Å². The average Bonchev–Trinajstić information content (AvgIpc) is 2.89. The molecule has 0 saturated carbocycles. The van der Waals surface area contributed by atoms with Crippen molar-refractivity contribution in [1.29, 1.82) is 0 Å². The summed E-state index contributed by atoms with van der Waals surface area (Å²) in [4.78, 5) is 34.7. The third kappa shape index (κ3) is 5.29. The molecule has 0 saturated heterocycles. The van der Waals surface area contributed by atoms with Crippen molar-refractivity contribution in [2.75, 3.05) is 0 Å². The van der Waals surface area contributed by atoms with E-state index < -0.39 is 24.1 Å². The molecule has 0 spiro atoms. The fourth-order valence-corrected chi connectivity index (χ4v) is 1.84. The summed E-state index contributed by atoms with van der Waals surface area (Å²) < 4.78 is 5.05. The zero-order valence-electron chi connectivity index (χ0n) is 12.3. The summed E-state index contributed by atoms with van der Waals surface area (Å²) in [6.07, 6.45) is 0.525. The Balaban J connectivity index is 2.76. The van der Waals surface area contributed by atoms with Crippen molar-refractivity contribution in [3.63, 3.8) is 0 Å². The van der Waals surface area contributed by atoms with Gasteiger partial charge < -0.3 is 20.2 Å². The predicted molar refractivity (Wildman–Crippen MR) is 75.0 cm³/mol. The summed E-state index contributed by atoms with van der Waals surface area (Å²) in [5, 5.41) is 13.2. The summed E-state index contributed by atoms with van der Waals surface area (Å²) >= 11 is 0. The van der Waals surface area contributed by atoms with E-state index in [1.165, 1.54) is 19.3 Å². The predicted octanol–water partition coefficient (Wildman–Crippen LogP) is 1.65. The summed E-state index contributed by atoms with van der Waals surface area (Å²) in [6, 6.07) is 1.43. The van der Waals surface area contributed by atoms with E-state index in [0.29, 0.717) is 6.42 Å². The van der Waals surface area contributed by atoms with Crippen LogP contribution in [-0.2, 0) is 4.79 Å². The van der Waals surface area contributed by atoms with Crippen LogP contribution in [0.4, 0.5) is 4.79 Å². The first-order valence-electron chi connectivity index (χ1n) is 6.68. The van der Waals surface area contributed by atoms with E-state index in [2.05, 4.69) is 5.32 Å². The maximum atomic E-state index is 12.3. The van der Waals surface area contributed by atoms with E-state index in [4.69, 9.17) is 9.52 Å². The summed E-state index contributed by atoms with van der Waals surface area (Å²) in [7, 11) is 0. The Hall–Kier alpha value is -2.31. The van der Waals surface area contributed by atoms with Crippen LogP contribution < -0.4 is 10.6 Å². The zero-order chi connectivity index (χ0) is 16.0. The van der Waals surface area contributed by atoms with Crippen LogP contribution >= 0.6 is 0 Å². The number of hydrogen-bond acceptors (Lipinski definition) is 4. The minimum Gasteiger partial charge on any atom is -0.465 e. The molecule has 2 unspecified atom stereocenters. The number of furan rings is 1. The number of rotatable bonds is 7. The van der Waals surface area contributed by atoms with Crippen LogP contribution in [0.25, 0.3) is 0 Å². The lowest BCUT2D eigenvalue weighted by Crippen LogP contribution is -2.50. The number of carboxylic acid groups (broad SMARTS) is 1. The third-order valence-corrected chi connectivity index (χ3v) is 2.84. The molecular formula is C14H20N2O5. The number of Topliss-reactive ketones (excluding diaryl/α,β-unsaturated/α-hetero) is 1. The summed E-state index contributed by atoms with van der Waals surface area (Å²) in [5.74, 6) is -0.538. The molecule has 0 bridgehead atoms. The summed E-state index contributed by atoms with van der Waals surface area (Å²) in [5.41, 5.74) is 0. The molecule has 0 aliphatic heterocycles. The van der Waals surface area contributed by atoms with Gasteiger partial charge in [-0.1, -0.05) is 13.8 Å². The minimum atomic E-state index is -1.30. The number of hydrogen-bond donors (Lipinski definition) is 3. The Labute approximate surface area is 122 Å². The number of carbonyl (C=O) groups excluding carboxylic acids is 2. The van der Waals surface area contributed by atoms with Gasteiger partial charge in [-0.15, -0.1) is 0 Å². The molecule has 7 heteroatoms. The Bertz CT molecular complexity index is 495. The van der Waals surface area contributed by atoms with Gasteiger partial charge in [-0.3, -0.25) is 9.59 Å². The lowest BCUT2D eigenvalue weighted by molar-refractivity contribution is -0.123. The molecule has 2 atom stereocenters. The molecule has 1 aromatic rings. The molecule has 0 aliphatic rings. The average molecular weight is 296 g/mol. The molecule has 1 aromatic heterocycles. The normalized spacial score (nSPS) is 13.5. The van der Waals surface area contributed by atoms with Gasteiger partial charge in [0.2, 0.25) is 11.7 Å². The van der Waals surface area contributed by atoms with Crippen LogP contribution in [0.2, 0.25) is 0 Å². The number of amides is 2. The second-order valence-corrected chi connectivity index (χ2v) is 5.20. The van der Waals surface area contributed by atoms with Crippen LogP contribution in [-0.4, -0.2) is 35.0 Å². The molecule has 3 N–H and O–H groups in total. The molecule has 0 radical (unpaired) electrons. The highest BCUT2D eigenvalue weighted by molar-refractivity contribution is 6.00. The Kier molecular flexibility index (Phi) is 5.95. The third-order valence-electron chi connectivity index (χ3n) is 2.84. The maximum absolute atomic E-state index is 12.3.